The van der Waals surface area contributed by atoms with Gasteiger partial charge >= 0.3 is 5.97 Å². The molecule has 0 spiro atoms. The van der Waals surface area contributed by atoms with Gasteiger partial charge in [0.1, 0.15) is 6.29 Å². The molecule has 124 valence electrons. The zero-order valence-corrected chi connectivity index (χ0v) is 13.4. The van der Waals surface area contributed by atoms with E-state index in [1.54, 1.807) is 30.4 Å². The fourth-order valence-electron chi connectivity index (χ4n) is 1.89. The molecule has 4 heteroatoms. The molecule has 0 fully saturated rings. The predicted molar refractivity (Wildman–Crippen MR) is 88.7 cm³/mol. The Morgan fingerprint density at radius 2 is 1.64 bits per heavy atom. The Morgan fingerprint density at radius 1 is 1.00 bits per heavy atom. The maximum absolute atomic E-state index is 10.9. The monoisotopic (exact) mass is 308 g/mol. The van der Waals surface area contributed by atoms with Gasteiger partial charge in [-0.05, 0) is 31.3 Å². The first-order valence-corrected chi connectivity index (χ1v) is 7.99. The smallest absolute Gasteiger partial charge is 0.303 e. The van der Waals surface area contributed by atoms with Crippen LogP contribution in [0.3, 0.4) is 0 Å². The lowest BCUT2D eigenvalue weighted by molar-refractivity contribution is -0.137. The second-order valence-corrected chi connectivity index (χ2v) is 5.27. The van der Waals surface area contributed by atoms with Gasteiger partial charge in [-0.25, -0.2) is 0 Å². The number of aliphatic hydroxyl groups is 1. The molecule has 0 aromatic heterocycles. The van der Waals surface area contributed by atoms with Gasteiger partial charge < -0.3 is 10.2 Å². The van der Waals surface area contributed by atoms with E-state index in [4.69, 9.17) is 5.11 Å². The second kappa shape index (κ2) is 14.3. The van der Waals surface area contributed by atoms with Gasteiger partial charge in [0, 0.05) is 6.42 Å². The molecule has 0 radical (unpaired) electrons. The van der Waals surface area contributed by atoms with E-state index in [1.165, 1.54) is 0 Å². The summed E-state index contributed by atoms with van der Waals surface area (Å²) in [6.07, 6.45) is 15.6. The number of rotatable bonds is 13. The largest absolute Gasteiger partial charge is 0.481 e. The minimum atomic E-state index is -0.738. The van der Waals surface area contributed by atoms with Gasteiger partial charge in [-0.15, -0.1) is 0 Å². The number of carbonyl (C=O) groups excluding carboxylic acids is 1. The minimum absolute atomic E-state index is 0.241. The molecular formula is C18H28O4. The molecule has 0 heterocycles. The average molecular weight is 308 g/mol. The van der Waals surface area contributed by atoms with E-state index in [0.29, 0.717) is 6.42 Å². The molecular weight excluding hydrogens is 280 g/mol. The normalized spacial score (nSPS) is 13.8. The molecule has 0 aromatic rings. The number of hydrogen-bond donors (Lipinski definition) is 2. The summed E-state index contributed by atoms with van der Waals surface area (Å²) in [5.41, 5.74) is 0.756. The average Bonchev–Trinajstić information content (AvgIpc) is 2.50. The standard InChI is InChI=1S/C18H28O4/c1-2-17(20)13-9-6-8-12-16(15-19)11-7-4-3-5-10-14-18(21)22/h6,8-9,12-13,15,17,20H,2-5,7,10-11,14H2,1H3,(H,21,22)/b8-6+,13-9+,16-12+. The summed E-state index contributed by atoms with van der Waals surface area (Å²) in [4.78, 5) is 21.3. The number of carboxylic acids is 1. The van der Waals surface area contributed by atoms with Crippen molar-refractivity contribution in [3.05, 3.63) is 36.0 Å². The van der Waals surface area contributed by atoms with Crippen LogP contribution in [0.25, 0.3) is 0 Å². The van der Waals surface area contributed by atoms with Crippen LogP contribution < -0.4 is 0 Å². The third-order valence-electron chi connectivity index (χ3n) is 3.29. The van der Waals surface area contributed by atoms with Gasteiger partial charge in [0.05, 0.1) is 6.10 Å². The van der Waals surface area contributed by atoms with Crippen LogP contribution >= 0.6 is 0 Å². The molecule has 0 aliphatic carbocycles. The molecule has 0 amide bonds. The number of aliphatic hydroxyl groups excluding tert-OH is 1. The molecule has 0 rings (SSSR count). The maximum atomic E-state index is 10.9. The van der Waals surface area contributed by atoms with Crippen LogP contribution in [0.4, 0.5) is 0 Å². The maximum Gasteiger partial charge on any atom is 0.303 e. The van der Waals surface area contributed by atoms with Gasteiger partial charge in [-0.1, -0.05) is 56.6 Å². The van der Waals surface area contributed by atoms with Crippen LogP contribution in [-0.2, 0) is 9.59 Å². The van der Waals surface area contributed by atoms with Crippen molar-refractivity contribution in [1.29, 1.82) is 0 Å². The summed E-state index contributed by atoms with van der Waals surface area (Å²) in [5, 5.41) is 17.8. The highest BCUT2D eigenvalue weighted by atomic mass is 16.4. The minimum Gasteiger partial charge on any atom is -0.481 e. The Labute approximate surface area is 133 Å². The quantitative estimate of drug-likeness (QED) is 0.235. The number of carbonyl (C=O) groups is 2. The van der Waals surface area contributed by atoms with E-state index < -0.39 is 12.1 Å². The van der Waals surface area contributed by atoms with Gasteiger partial charge in [0.2, 0.25) is 0 Å². The van der Waals surface area contributed by atoms with E-state index in [9.17, 15) is 14.7 Å². The van der Waals surface area contributed by atoms with Gasteiger partial charge in [0.25, 0.3) is 0 Å². The van der Waals surface area contributed by atoms with Crippen molar-refractivity contribution >= 4 is 12.3 Å². The zero-order valence-electron chi connectivity index (χ0n) is 13.4. The number of hydrogen-bond acceptors (Lipinski definition) is 3. The van der Waals surface area contributed by atoms with Crippen LogP contribution in [-0.4, -0.2) is 28.6 Å². The fraction of sp³-hybridized carbons (Fsp3) is 0.556. The van der Waals surface area contributed by atoms with Crippen LogP contribution in [0.15, 0.2) is 36.0 Å². The van der Waals surface area contributed by atoms with E-state index in [2.05, 4.69) is 0 Å². The molecule has 0 aromatic carbocycles. The molecule has 22 heavy (non-hydrogen) atoms. The molecule has 4 nitrogen and oxygen atoms in total. The SMILES string of the molecule is CCC(O)/C=C/C=C/C=C(/C=O)CCCCCCCC(=O)O. The summed E-state index contributed by atoms with van der Waals surface area (Å²) in [5.74, 6) is -0.738. The number of carboxylic acid groups (broad SMARTS) is 1. The highest BCUT2D eigenvalue weighted by Gasteiger charge is 1.98. The molecule has 0 aliphatic rings. The first-order chi connectivity index (χ1) is 10.6. The summed E-state index contributed by atoms with van der Waals surface area (Å²) >= 11 is 0. The van der Waals surface area contributed by atoms with Gasteiger partial charge in [0.15, 0.2) is 0 Å². The number of allylic oxidation sites excluding steroid dienone is 5. The first kappa shape index (κ1) is 20.3. The Balaban J connectivity index is 3.84. The Bertz CT molecular complexity index is 394. The van der Waals surface area contributed by atoms with E-state index >= 15 is 0 Å². The lowest BCUT2D eigenvalue weighted by Gasteiger charge is -2.00. The van der Waals surface area contributed by atoms with E-state index in [0.717, 1.165) is 50.4 Å². The van der Waals surface area contributed by atoms with Gasteiger partial charge in [-0.2, -0.15) is 0 Å². The lowest BCUT2D eigenvalue weighted by atomic mass is 10.1. The molecule has 0 saturated heterocycles. The second-order valence-electron chi connectivity index (χ2n) is 5.27. The van der Waals surface area contributed by atoms with Crippen LogP contribution in [0.2, 0.25) is 0 Å². The van der Waals surface area contributed by atoms with Crippen LogP contribution in [0.1, 0.15) is 58.3 Å². The molecule has 0 aliphatic heterocycles. The van der Waals surface area contributed by atoms with Crippen molar-refractivity contribution in [3.63, 3.8) is 0 Å². The fourth-order valence-corrected chi connectivity index (χ4v) is 1.89. The lowest BCUT2D eigenvalue weighted by Crippen LogP contribution is -1.97. The van der Waals surface area contributed by atoms with Crippen LogP contribution in [0.5, 0.6) is 0 Å². The van der Waals surface area contributed by atoms with Crippen molar-refractivity contribution in [2.75, 3.05) is 0 Å². The molecule has 0 saturated carbocycles. The third-order valence-corrected chi connectivity index (χ3v) is 3.29. The number of unbranched alkanes of at least 4 members (excludes halogenated alkanes) is 4. The van der Waals surface area contributed by atoms with Crippen LogP contribution in [0, 0.1) is 0 Å². The number of aldehydes is 1. The van der Waals surface area contributed by atoms with Crippen molar-refractivity contribution in [2.45, 2.75) is 64.4 Å². The van der Waals surface area contributed by atoms with E-state index in [-0.39, 0.29) is 6.42 Å². The molecule has 0 bridgehead atoms. The van der Waals surface area contributed by atoms with Crippen molar-refractivity contribution < 1.29 is 19.8 Å². The van der Waals surface area contributed by atoms with Crippen molar-refractivity contribution in [3.8, 4) is 0 Å². The topological polar surface area (TPSA) is 74.6 Å². The van der Waals surface area contributed by atoms with Crippen molar-refractivity contribution in [1.82, 2.24) is 0 Å². The summed E-state index contributed by atoms with van der Waals surface area (Å²) in [7, 11) is 0. The first-order valence-electron chi connectivity index (χ1n) is 7.99. The van der Waals surface area contributed by atoms with Gasteiger partial charge in [-0.3, -0.25) is 9.59 Å². The Morgan fingerprint density at radius 3 is 2.23 bits per heavy atom. The zero-order chi connectivity index (χ0) is 16.6. The predicted octanol–water partition coefficient (Wildman–Crippen LogP) is 3.81. The summed E-state index contributed by atoms with van der Waals surface area (Å²) in [6, 6.07) is 0. The van der Waals surface area contributed by atoms with E-state index in [1.807, 2.05) is 6.92 Å². The third kappa shape index (κ3) is 13.3. The highest BCUT2D eigenvalue weighted by Crippen LogP contribution is 2.11. The molecule has 2 N–H and O–H groups in total. The highest BCUT2D eigenvalue weighted by molar-refractivity contribution is 5.73. The summed E-state index contributed by atoms with van der Waals surface area (Å²) in [6.45, 7) is 1.91. The molecule has 1 atom stereocenters. The Kier molecular flexibility index (Phi) is 13.2. The number of aliphatic carboxylic acids is 1. The van der Waals surface area contributed by atoms with Crippen molar-refractivity contribution in [2.24, 2.45) is 0 Å². The molecule has 1 unspecified atom stereocenters. The summed E-state index contributed by atoms with van der Waals surface area (Å²) < 4.78 is 0. The Hall–Kier alpha value is -1.68.